The number of rotatable bonds is 8. The zero-order valence-electron chi connectivity index (χ0n) is 16.0. The number of aromatic nitrogens is 3. The van der Waals surface area contributed by atoms with Crippen LogP contribution in [0.4, 0.5) is 5.69 Å². The largest absolute Gasteiger partial charge is 0.439 e. The first kappa shape index (κ1) is 19.5. The fraction of sp³-hybridized carbons (Fsp3) is 0.300. The number of carbonyl (C=O) groups excluding carboxylic acids is 1. The van der Waals surface area contributed by atoms with Crippen molar-refractivity contribution in [3.63, 3.8) is 0 Å². The summed E-state index contributed by atoms with van der Waals surface area (Å²) in [6.07, 6.45) is 1.85. The van der Waals surface area contributed by atoms with Crippen molar-refractivity contribution >= 4 is 11.6 Å². The van der Waals surface area contributed by atoms with E-state index < -0.39 is 0 Å². The van der Waals surface area contributed by atoms with Crippen LogP contribution < -0.4 is 10.1 Å². The lowest BCUT2D eigenvalue weighted by molar-refractivity contribution is -0.116. The highest BCUT2D eigenvalue weighted by atomic mass is 16.5. The maximum absolute atomic E-state index is 12.1. The fourth-order valence-electron chi connectivity index (χ4n) is 2.33. The van der Waals surface area contributed by atoms with E-state index in [2.05, 4.69) is 20.4 Å². The molecule has 0 saturated carbocycles. The zero-order chi connectivity index (χ0) is 19.9. The molecule has 0 radical (unpaired) electrons. The second kappa shape index (κ2) is 9.09. The molecule has 3 aromatic rings. The van der Waals surface area contributed by atoms with Gasteiger partial charge in [-0.2, -0.15) is 4.98 Å². The highest BCUT2D eigenvalue weighted by Gasteiger charge is 2.14. The third kappa shape index (κ3) is 5.37. The first-order valence-corrected chi connectivity index (χ1v) is 8.89. The summed E-state index contributed by atoms with van der Waals surface area (Å²) in [6, 6.07) is 11.1. The fourth-order valence-corrected chi connectivity index (χ4v) is 2.33. The Morgan fingerprint density at radius 1 is 1.21 bits per heavy atom. The molecule has 8 heteroatoms. The Hall–Kier alpha value is -3.26. The lowest BCUT2D eigenvalue weighted by Gasteiger charge is -2.07. The second-order valence-electron chi connectivity index (χ2n) is 6.27. The molecule has 1 aromatic carbocycles. The van der Waals surface area contributed by atoms with Crippen LogP contribution in [-0.4, -0.2) is 28.1 Å². The molecule has 28 heavy (non-hydrogen) atoms. The average molecular weight is 382 g/mol. The standard InChI is InChI=1S/C20H22N4O4/c1-13-4-7-16(8-5-13)27-18-10-6-15(12-21-18)22-17(25)9-11-19-23-20(24-28-19)14(2)26-3/h4-8,10,12,14H,9,11H2,1-3H3,(H,22,25)/t14-/m0/s1. The van der Waals surface area contributed by atoms with Crippen LogP contribution in [0.3, 0.4) is 0 Å². The molecule has 2 heterocycles. The van der Waals surface area contributed by atoms with Gasteiger partial charge in [0.2, 0.25) is 17.7 Å². The molecule has 0 saturated heterocycles. The molecule has 0 unspecified atom stereocenters. The molecule has 1 amide bonds. The predicted octanol–water partition coefficient (Wildman–Crippen LogP) is 3.84. The number of methoxy groups -OCH3 is 1. The second-order valence-corrected chi connectivity index (χ2v) is 6.27. The Morgan fingerprint density at radius 2 is 2.00 bits per heavy atom. The van der Waals surface area contributed by atoms with Crippen LogP contribution in [0.25, 0.3) is 0 Å². The first-order valence-electron chi connectivity index (χ1n) is 8.89. The molecule has 1 N–H and O–H groups in total. The van der Waals surface area contributed by atoms with Gasteiger partial charge in [0.15, 0.2) is 5.82 Å². The number of ether oxygens (including phenoxy) is 2. The number of carbonyl (C=O) groups is 1. The molecule has 0 aliphatic heterocycles. The van der Waals surface area contributed by atoms with E-state index in [9.17, 15) is 4.79 Å². The highest BCUT2D eigenvalue weighted by Crippen LogP contribution is 2.21. The van der Waals surface area contributed by atoms with Gasteiger partial charge in [-0.3, -0.25) is 4.79 Å². The van der Waals surface area contributed by atoms with E-state index in [1.807, 2.05) is 38.1 Å². The summed E-state index contributed by atoms with van der Waals surface area (Å²) >= 11 is 0. The zero-order valence-corrected chi connectivity index (χ0v) is 16.0. The lowest BCUT2D eigenvalue weighted by atomic mass is 10.2. The van der Waals surface area contributed by atoms with E-state index in [0.717, 1.165) is 5.56 Å². The number of nitrogens with one attached hydrogen (secondary N) is 1. The van der Waals surface area contributed by atoms with Crippen molar-refractivity contribution in [2.75, 3.05) is 12.4 Å². The van der Waals surface area contributed by atoms with Crippen LogP contribution in [0, 0.1) is 6.92 Å². The van der Waals surface area contributed by atoms with Gasteiger partial charge in [-0.15, -0.1) is 0 Å². The van der Waals surface area contributed by atoms with Crippen LogP contribution in [0.2, 0.25) is 0 Å². The maximum atomic E-state index is 12.1. The third-order valence-electron chi connectivity index (χ3n) is 4.03. The number of amides is 1. The first-order chi connectivity index (χ1) is 13.5. The Morgan fingerprint density at radius 3 is 2.68 bits per heavy atom. The van der Waals surface area contributed by atoms with E-state index >= 15 is 0 Å². The Bertz CT molecular complexity index is 907. The molecular weight excluding hydrogens is 360 g/mol. The molecule has 0 spiro atoms. The summed E-state index contributed by atoms with van der Waals surface area (Å²) in [6.45, 7) is 3.83. The van der Waals surface area contributed by atoms with Crippen molar-refractivity contribution in [3.8, 4) is 11.6 Å². The number of benzene rings is 1. The van der Waals surface area contributed by atoms with Crippen molar-refractivity contribution in [3.05, 3.63) is 59.9 Å². The van der Waals surface area contributed by atoms with E-state index in [1.165, 1.54) is 0 Å². The topological polar surface area (TPSA) is 99.4 Å². The quantitative estimate of drug-likeness (QED) is 0.632. The van der Waals surface area contributed by atoms with Crippen LogP contribution in [0.1, 0.15) is 36.7 Å². The normalized spacial score (nSPS) is 11.8. The lowest BCUT2D eigenvalue weighted by Crippen LogP contribution is -2.12. The van der Waals surface area contributed by atoms with Crippen LogP contribution >= 0.6 is 0 Å². The van der Waals surface area contributed by atoms with E-state index in [0.29, 0.717) is 35.5 Å². The molecule has 1 atom stereocenters. The van der Waals surface area contributed by atoms with Crippen molar-refractivity contribution in [1.29, 1.82) is 0 Å². The highest BCUT2D eigenvalue weighted by molar-refractivity contribution is 5.90. The molecular formula is C20H22N4O4. The smallest absolute Gasteiger partial charge is 0.227 e. The summed E-state index contributed by atoms with van der Waals surface area (Å²) in [5.41, 5.74) is 1.74. The van der Waals surface area contributed by atoms with Gasteiger partial charge >= 0.3 is 0 Å². The summed E-state index contributed by atoms with van der Waals surface area (Å²) in [5.74, 6) is 1.85. The van der Waals surface area contributed by atoms with Crippen molar-refractivity contribution < 1.29 is 18.8 Å². The Labute approximate surface area is 162 Å². The molecule has 0 aliphatic rings. The molecule has 0 bridgehead atoms. The number of hydrogen-bond donors (Lipinski definition) is 1. The van der Waals surface area contributed by atoms with E-state index in [4.69, 9.17) is 14.0 Å². The van der Waals surface area contributed by atoms with E-state index in [-0.39, 0.29) is 18.4 Å². The van der Waals surface area contributed by atoms with Gasteiger partial charge in [0, 0.05) is 26.0 Å². The molecule has 146 valence electrons. The van der Waals surface area contributed by atoms with Gasteiger partial charge in [0.1, 0.15) is 11.9 Å². The molecule has 2 aromatic heterocycles. The Kier molecular flexibility index (Phi) is 6.33. The molecule has 0 fully saturated rings. The Balaban J connectivity index is 1.48. The summed E-state index contributed by atoms with van der Waals surface area (Å²) in [7, 11) is 1.57. The number of nitrogens with zero attached hydrogens (tertiary/aromatic N) is 3. The van der Waals surface area contributed by atoms with Crippen LogP contribution in [0.15, 0.2) is 47.1 Å². The van der Waals surface area contributed by atoms with Gasteiger partial charge in [0.05, 0.1) is 11.9 Å². The van der Waals surface area contributed by atoms with Gasteiger partial charge in [-0.1, -0.05) is 22.9 Å². The third-order valence-corrected chi connectivity index (χ3v) is 4.03. The average Bonchev–Trinajstić information content (AvgIpc) is 3.18. The van der Waals surface area contributed by atoms with Crippen LogP contribution in [0.5, 0.6) is 11.6 Å². The minimum absolute atomic E-state index is 0.173. The molecule has 3 rings (SSSR count). The van der Waals surface area contributed by atoms with Gasteiger partial charge in [-0.25, -0.2) is 4.98 Å². The van der Waals surface area contributed by atoms with Gasteiger partial charge in [0.25, 0.3) is 0 Å². The minimum atomic E-state index is -0.252. The summed E-state index contributed by atoms with van der Waals surface area (Å²) in [5, 5.41) is 6.61. The monoisotopic (exact) mass is 382 g/mol. The predicted molar refractivity (Wildman–Crippen MR) is 102 cm³/mol. The maximum Gasteiger partial charge on any atom is 0.227 e. The number of hydrogen-bond acceptors (Lipinski definition) is 7. The van der Waals surface area contributed by atoms with Gasteiger partial charge in [-0.05, 0) is 32.0 Å². The van der Waals surface area contributed by atoms with Crippen LogP contribution in [-0.2, 0) is 16.0 Å². The van der Waals surface area contributed by atoms with Crippen molar-refractivity contribution in [2.45, 2.75) is 32.8 Å². The molecule has 0 aliphatic carbocycles. The van der Waals surface area contributed by atoms with Crippen molar-refractivity contribution in [1.82, 2.24) is 15.1 Å². The number of pyridine rings is 1. The summed E-state index contributed by atoms with van der Waals surface area (Å²) < 4.78 is 15.9. The molecule has 8 nitrogen and oxygen atoms in total. The van der Waals surface area contributed by atoms with Crippen molar-refractivity contribution in [2.24, 2.45) is 0 Å². The SMILES string of the molecule is CO[C@@H](C)c1noc(CCC(=O)Nc2ccc(Oc3ccc(C)cc3)nc2)n1. The number of anilines is 1. The van der Waals surface area contributed by atoms with E-state index in [1.54, 1.807) is 25.4 Å². The number of aryl methyl sites for hydroxylation is 2. The van der Waals surface area contributed by atoms with Gasteiger partial charge < -0.3 is 19.3 Å². The minimum Gasteiger partial charge on any atom is -0.439 e. The summed E-state index contributed by atoms with van der Waals surface area (Å²) in [4.78, 5) is 20.5.